The maximum Gasteiger partial charge on any atom is 0.169 e. The molecule has 0 amide bonds. The quantitative estimate of drug-likeness (QED) is 0.615. The predicted molar refractivity (Wildman–Crippen MR) is 66.4 cm³/mol. The summed E-state index contributed by atoms with van der Waals surface area (Å²) in [5, 5.41) is 20.9. The summed E-state index contributed by atoms with van der Waals surface area (Å²) in [6.45, 7) is 3.52. The van der Waals surface area contributed by atoms with Crippen molar-refractivity contribution in [3.63, 3.8) is 0 Å². The van der Waals surface area contributed by atoms with Crippen LogP contribution in [-0.4, -0.2) is 16.0 Å². The average molecular weight is 230 g/mol. The van der Waals surface area contributed by atoms with Gasteiger partial charge in [-0.1, -0.05) is 38.1 Å². The van der Waals surface area contributed by atoms with Crippen LogP contribution in [0, 0.1) is 5.92 Å². The van der Waals surface area contributed by atoms with Gasteiger partial charge in [0, 0.05) is 16.7 Å². The molecule has 0 atom stereocenters. The number of benzene rings is 2. The average Bonchev–Trinajstić information content (AvgIpc) is 2.33. The van der Waals surface area contributed by atoms with Crippen molar-refractivity contribution >= 4 is 16.6 Å². The first-order chi connectivity index (χ1) is 8.02. The Kier molecular flexibility index (Phi) is 2.76. The first-order valence-electron chi connectivity index (χ1n) is 5.50. The topological polar surface area (TPSA) is 57.5 Å². The summed E-state index contributed by atoms with van der Waals surface area (Å²) in [7, 11) is 0. The summed E-state index contributed by atoms with van der Waals surface area (Å²) in [5.74, 6) is -0.440. The van der Waals surface area contributed by atoms with Crippen LogP contribution in [0.4, 0.5) is 0 Å². The molecular weight excluding hydrogens is 216 g/mol. The van der Waals surface area contributed by atoms with Crippen molar-refractivity contribution in [3.8, 4) is 11.5 Å². The Labute approximate surface area is 99.3 Å². The lowest BCUT2D eigenvalue weighted by Crippen LogP contribution is -2.07. The maximum absolute atomic E-state index is 11.9. The van der Waals surface area contributed by atoms with Crippen molar-refractivity contribution in [2.24, 2.45) is 5.92 Å². The minimum Gasteiger partial charge on any atom is -0.507 e. The highest BCUT2D eigenvalue weighted by atomic mass is 16.3. The van der Waals surface area contributed by atoms with E-state index >= 15 is 0 Å². The van der Waals surface area contributed by atoms with E-state index in [2.05, 4.69) is 0 Å². The van der Waals surface area contributed by atoms with Crippen LogP contribution in [0.5, 0.6) is 11.5 Å². The zero-order valence-corrected chi connectivity index (χ0v) is 9.77. The fourth-order valence-corrected chi connectivity index (χ4v) is 1.84. The fourth-order valence-electron chi connectivity index (χ4n) is 1.84. The zero-order chi connectivity index (χ0) is 12.6. The Balaban J connectivity index is 2.75. The molecule has 0 saturated carbocycles. The number of hydrogen-bond acceptors (Lipinski definition) is 3. The normalized spacial score (nSPS) is 11.0. The molecule has 0 spiro atoms. The van der Waals surface area contributed by atoms with Gasteiger partial charge >= 0.3 is 0 Å². The molecule has 0 aromatic heterocycles. The number of fused-ring (bicyclic) bond motifs is 1. The van der Waals surface area contributed by atoms with Gasteiger partial charge in [-0.2, -0.15) is 0 Å². The van der Waals surface area contributed by atoms with Crippen LogP contribution in [0.2, 0.25) is 0 Å². The molecule has 3 nitrogen and oxygen atoms in total. The summed E-state index contributed by atoms with van der Waals surface area (Å²) in [6.07, 6.45) is 0. The minimum atomic E-state index is -0.221. The molecule has 0 radical (unpaired) electrons. The number of ketones is 1. The third kappa shape index (κ3) is 1.84. The van der Waals surface area contributed by atoms with Crippen LogP contribution in [-0.2, 0) is 0 Å². The van der Waals surface area contributed by atoms with Gasteiger partial charge < -0.3 is 10.2 Å². The number of hydrogen-bond donors (Lipinski definition) is 2. The highest BCUT2D eigenvalue weighted by Crippen LogP contribution is 2.36. The van der Waals surface area contributed by atoms with Gasteiger partial charge in [-0.25, -0.2) is 0 Å². The van der Waals surface area contributed by atoms with Gasteiger partial charge in [0.05, 0.1) is 5.56 Å². The molecule has 3 heteroatoms. The van der Waals surface area contributed by atoms with Gasteiger partial charge in [-0.15, -0.1) is 0 Å². The van der Waals surface area contributed by atoms with E-state index < -0.39 is 0 Å². The molecule has 88 valence electrons. The van der Waals surface area contributed by atoms with E-state index in [-0.39, 0.29) is 28.8 Å². The molecule has 2 N–H and O–H groups in total. The first-order valence-corrected chi connectivity index (χ1v) is 5.50. The molecule has 0 saturated heterocycles. The second-order valence-electron chi connectivity index (χ2n) is 4.36. The van der Waals surface area contributed by atoms with Crippen molar-refractivity contribution in [1.29, 1.82) is 0 Å². The smallest absolute Gasteiger partial charge is 0.169 e. The van der Waals surface area contributed by atoms with E-state index in [1.807, 2.05) is 0 Å². The second kappa shape index (κ2) is 4.09. The first kappa shape index (κ1) is 11.5. The predicted octanol–water partition coefficient (Wildman–Crippen LogP) is 3.09. The van der Waals surface area contributed by atoms with Crippen LogP contribution in [0.1, 0.15) is 24.2 Å². The van der Waals surface area contributed by atoms with Crippen molar-refractivity contribution < 1.29 is 15.0 Å². The van der Waals surface area contributed by atoms with E-state index in [1.165, 1.54) is 6.07 Å². The van der Waals surface area contributed by atoms with Gasteiger partial charge in [0.25, 0.3) is 0 Å². The van der Waals surface area contributed by atoms with Gasteiger partial charge in [0.1, 0.15) is 11.5 Å². The van der Waals surface area contributed by atoms with Crippen LogP contribution < -0.4 is 0 Å². The SMILES string of the molecule is CC(C)C(=O)c1cc(O)c2ccccc2c1O. The lowest BCUT2D eigenvalue weighted by atomic mass is 9.96. The largest absolute Gasteiger partial charge is 0.507 e. The number of carbonyl (C=O) groups excluding carboxylic acids is 1. The molecule has 0 unspecified atom stereocenters. The number of aromatic hydroxyl groups is 2. The molecule has 2 aromatic rings. The Bertz CT molecular complexity index is 585. The molecule has 0 bridgehead atoms. The van der Waals surface area contributed by atoms with Crippen molar-refractivity contribution in [2.45, 2.75) is 13.8 Å². The maximum atomic E-state index is 11.9. The van der Waals surface area contributed by atoms with Gasteiger partial charge in [0.15, 0.2) is 5.78 Å². The molecule has 2 rings (SSSR count). The lowest BCUT2D eigenvalue weighted by Gasteiger charge is -2.10. The zero-order valence-electron chi connectivity index (χ0n) is 9.77. The molecule has 0 heterocycles. The standard InChI is InChI=1S/C14H14O3/c1-8(2)13(16)11-7-12(15)9-5-3-4-6-10(9)14(11)17/h3-8,15,17H,1-2H3. The van der Waals surface area contributed by atoms with E-state index in [0.717, 1.165) is 0 Å². The molecule has 0 fully saturated rings. The number of Topliss-reactive ketones (excluding diaryl/α,β-unsaturated/α-hetero) is 1. The molecular formula is C14H14O3. The Hall–Kier alpha value is -2.03. The summed E-state index contributed by atoms with van der Waals surface area (Å²) < 4.78 is 0. The van der Waals surface area contributed by atoms with Crippen molar-refractivity contribution in [2.75, 3.05) is 0 Å². The molecule has 0 aliphatic heterocycles. The van der Waals surface area contributed by atoms with E-state index in [4.69, 9.17) is 0 Å². The number of phenols is 2. The Morgan fingerprint density at radius 2 is 1.71 bits per heavy atom. The molecule has 2 aromatic carbocycles. The number of rotatable bonds is 2. The van der Waals surface area contributed by atoms with Gasteiger partial charge in [-0.3, -0.25) is 4.79 Å². The third-order valence-corrected chi connectivity index (χ3v) is 2.78. The Morgan fingerprint density at radius 1 is 1.12 bits per heavy atom. The van der Waals surface area contributed by atoms with Gasteiger partial charge in [-0.05, 0) is 6.07 Å². The second-order valence-corrected chi connectivity index (χ2v) is 4.36. The number of phenolic OH excluding ortho intramolecular Hbond substituents is 2. The van der Waals surface area contributed by atoms with E-state index in [9.17, 15) is 15.0 Å². The van der Waals surface area contributed by atoms with Crippen molar-refractivity contribution in [3.05, 3.63) is 35.9 Å². The third-order valence-electron chi connectivity index (χ3n) is 2.78. The van der Waals surface area contributed by atoms with Crippen LogP contribution in [0.25, 0.3) is 10.8 Å². The van der Waals surface area contributed by atoms with E-state index in [1.54, 1.807) is 38.1 Å². The fraction of sp³-hybridized carbons (Fsp3) is 0.214. The summed E-state index contributed by atoms with van der Waals surface area (Å²) in [4.78, 5) is 11.9. The van der Waals surface area contributed by atoms with Crippen molar-refractivity contribution in [1.82, 2.24) is 0 Å². The van der Waals surface area contributed by atoms with Crippen LogP contribution >= 0.6 is 0 Å². The van der Waals surface area contributed by atoms with Crippen LogP contribution in [0.3, 0.4) is 0 Å². The summed E-state index contributed by atoms with van der Waals surface area (Å²) in [5.41, 5.74) is 0.177. The van der Waals surface area contributed by atoms with Gasteiger partial charge in [0.2, 0.25) is 0 Å². The Morgan fingerprint density at radius 3 is 2.29 bits per heavy atom. The van der Waals surface area contributed by atoms with E-state index in [0.29, 0.717) is 10.8 Å². The summed E-state index contributed by atoms with van der Waals surface area (Å²) >= 11 is 0. The highest BCUT2D eigenvalue weighted by Gasteiger charge is 2.18. The minimum absolute atomic E-state index is 0.0161. The molecule has 0 aliphatic carbocycles. The summed E-state index contributed by atoms with van der Waals surface area (Å²) in [6, 6.07) is 8.24. The van der Waals surface area contributed by atoms with Crippen LogP contribution in [0.15, 0.2) is 30.3 Å². The number of carbonyl (C=O) groups is 1. The molecule has 17 heavy (non-hydrogen) atoms. The highest BCUT2D eigenvalue weighted by molar-refractivity contribution is 6.07. The molecule has 0 aliphatic rings. The lowest BCUT2D eigenvalue weighted by molar-refractivity contribution is 0.0936. The monoisotopic (exact) mass is 230 g/mol.